The minimum Gasteiger partial charge on any atom is -0.321 e. The SMILES string of the molecule is O=C(Nc1c(F)c(F)c(F)c(F)c1F)C12C[C@H]3C[C@@H](C1)CC(n1cnc(Cl)n1)(C3)C2. The molecule has 1 aromatic carbocycles. The van der Waals surface area contributed by atoms with Crippen LogP contribution in [0.3, 0.4) is 0 Å². The van der Waals surface area contributed by atoms with Crippen molar-refractivity contribution in [3.8, 4) is 0 Å². The lowest BCUT2D eigenvalue weighted by Gasteiger charge is -2.60. The summed E-state index contributed by atoms with van der Waals surface area (Å²) in [5.74, 6) is -10.9. The van der Waals surface area contributed by atoms with Gasteiger partial charge in [0.1, 0.15) is 12.0 Å². The third kappa shape index (κ3) is 2.68. The number of carbonyl (C=O) groups excluding carboxylic acids is 1. The van der Waals surface area contributed by atoms with Gasteiger partial charge in [-0.25, -0.2) is 31.6 Å². The van der Waals surface area contributed by atoms with E-state index >= 15 is 0 Å². The Labute approximate surface area is 172 Å². The standard InChI is InChI=1S/C19H16ClF5N4O/c20-17-26-7-29(28-17)19-4-8-1-9(5-19)3-18(2-8,6-19)16(30)27-15-13(24)11(22)10(21)12(23)14(15)25/h7-9H,1-6H2,(H,27,30)/t8-,9+,18?,19?. The first kappa shape index (κ1) is 19.7. The summed E-state index contributed by atoms with van der Waals surface area (Å²) < 4.78 is 70.3. The average molecular weight is 447 g/mol. The first-order valence-electron chi connectivity index (χ1n) is 9.55. The second-order valence-electron chi connectivity index (χ2n) is 8.82. The molecule has 6 rings (SSSR count). The van der Waals surface area contributed by atoms with Gasteiger partial charge in [-0.2, -0.15) is 0 Å². The molecule has 1 N–H and O–H groups in total. The predicted octanol–water partition coefficient (Wildman–Crippen LogP) is 4.56. The highest BCUT2D eigenvalue weighted by atomic mass is 35.5. The van der Waals surface area contributed by atoms with Crippen molar-refractivity contribution in [2.45, 2.75) is 44.1 Å². The Morgan fingerprint density at radius 1 is 1.00 bits per heavy atom. The predicted molar refractivity (Wildman–Crippen MR) is 95.0 cm³/mol. The van der Waals surface area contributed by atoms with Crippen LogP contribution in [0.5, 0.6) is 0 Å². The van der Waals surface area contributed by atoms with E-state index in [2.05, 4.69) is 10.1 Å². The Kier molecular flexibility index (Phi) is 4.20. The molecule has 4 bridgehead atoms. The smallest absolute Gasteiger partial charge is 0.242 e. The molecular formula is C19H16ClF5N4O. The lowest BCUT2D eigenvalue weighted by atomic mass is 9.46. The number of halogens is 6. The van der Waals surface area contributed by atoms with Crippen molar-refractivity contribution in [2.24, 2.45) is 17.3 Å². The summed E-state index contributed by atoms with van der Waals surface area (Å²) in [7, 11) is 0. The summed E-state index contributed by atoms with van der Waals surface area (Å²) >= 11 is 5.88. The Balaban J connectivity index is 1.51. The molecule has 4 fully saturated rings. The highest BCUT2D eigenvalue weighted by molar-refractivity contribution is 6.28. The van der Waals surface area contributed by atoms with Crippen molar-refractivity contribution in [3.05, 3.63) is 40.7 Å². The number of hydrogen-bond acceptors (Lipinski definition) is 3. The highest BCUT2D eigenvalue weighted by Gasteiger charge is 2.62. The number of carbonyl (C=O) groups is 1. The zero-order valence-electron chi connectivity index (χ0n) is 15.5. The fourth-order valence-electron chi connectivity index (χ4n) is 6.18. The van der Waals surface area contributed by atoms with Crippen LogP contribution >= 0.6 is 11.6 Å². The largest absolute Gasteiger partial charge is 0.321 e. The van der Waals surface area contributed by atoms with E-state index < -0.39 is 51.6 Å². The summed E-state index contributed by atoms with van der Waals surface area (Å²) in [4.78, 5) is 17.2. The van der Waals surface area contributed by atoms with Gasteiger partial charge >= 0.3 is 0 Å². The van der Waals surface area contributed by atoms with Gasteiger partial charge in [0, 0.05) is 0 Å². The summed E-state index contributed by atoms with van der Waals surface area (Å²) in [6.45, 7) is 0. The van der Waals surface area contributed by atoms with Gasteiger partial charge in [-0.1, -0.05) is 0 Å². The first-order valence-corrected chi connectivity index (χ1v) is 9.92. The number of benzene rings is 1. The van der Waals surface area contributed by atoms with E-state index in [1.807, 2.05) is 5.32 Å². The minimum atomic E-state index is -2.26. The lowest BCUT2D eigenvalue weighted by Crippen LogP contribution is -2.60. The number of hydrogen-bond donors (Lipinski definition) is 1. The molecular weight excluding hydrogens is 431 g/mol. The third-order valence-corrected chi connectivity index (χ3v) is 7.08. The summed E-state index contributed by atoms with van der Waals surface area (Å²) in [6, 6.07) is 0. The fourth-order valence-corrected chi connectivity index (χ4v) is 6.31. The van der Waals surface area contributed by atoms with Gasteiger partial charge in [-0.05, 0) is 62.0 Å². The molecule has 0 saturated heterocycles. The van der Waals surface area contributed by atoms with Gasteiger partial charge in [0.05, 0.1) is 11.0 Å². The lowest BCUT2D eigenvalue weighted by molar-refractivity contribution is -0.150. The third-order valence-electron chi connectivity index (χ3n) is 6.91. The number of nitrogens with one attached hydrogen (secondary N) is 1. The molecule has 2 aromatic rings. The van der Waals surface area contributed by atoms with Crippen LogP contribution in [0.25, 0.3) is 0 Å². The molecule has 160 valence electrons. The molecule has 5 nitrogen and oxygen atoms in total. The zero-order chi connectivity index (χ0) is 21.4. The van der Waals surface area contributed by atoms with Crippen molar-refractivity contribution >= 4 is 23.2 Å². The van der Waals surface area contributed by atoms with Crippen LogP contribution in [0.1, 0.15) is 38.5 Å². The van der Waals surface area contributed by atoms with Gasteiger partial charge in [0.15, 0.2) is 23.3 Å². The van der Waals surface area contributed by atoms with E-state index in [0.29, 0.717) is 19.3 Å². The van der Waals surface area contributed by atoms with Crippen LogP contribution in [0.2, 0.25) is 5.28 Å². The molecule has 0 spiro atoms. The Bertz CT molecular complexity index is 1030. The van der Waals surface area contributed by atoms with Crippen molar-refractivity contribution in [1.29, 1.82) is 0 Å². The van der Waals surface area contributed by atoms with Crippen LogP contribution in [-0.4, -0.2) is 20.7 Å². The van der Waals surface area contributed by atoms with Gasteiger partial charge < -0.3 is 5.32 Å². The molecule has 4 aliphatic carbocycles. The Hall–Kier alpha value is -2.23. The van der Waals surface area contributed by atoms with E-state index in [-0.39, 0.29) is 17.1 Å². The molecule has 0 aliphatic heterocycles. The average Bonchev–Trinajstić information content (AvgIpc) is 3.14. The van der Waals surface area contributed by atoms with E-state index in [1.165, 1.54) is 6.33 Å². The molecule has 2 unspecified atom stereocenters. The summed E-state index contributed by atoms with van der Waals surface area (Å²) in [5.41, 5.74) is -2.83. The van der Waals surface area contributed by atoms with Crippen molar-refractivity contribution in [3.63, 3.8) is 0 Å². The van der Waals surface area contributed by atoms with Gasteiger partial charge in [-0.3, -0.25) is 4.79 Å². The second kappa shape index (κ2) is 6.38. The maximum Gasteiger partial charge on any atom is 0.242 e. The number of anilines is 1. The molecule has 4 aliphatic rings. The van der Waals surface area contributed by atoms with Gasteiger partial charge in [0.2, 0.25) is 17.0 Å². The molecule has 11 heteroatoms. The fraction of sp³-hybridized carbons (Fsp3) is 0.526. The molecule has 0 radical (unpaired) electrons. The Morgan fingerprint density at radius 3 is 2.10 bits per heavy atom. The van der Waals surface area contributed by atoms with E-state index in [9.17, 15) is 26.7 Å². The molecule has 4 saturated carbocycles. The normalized spacial score (nSPS) is 31.9. The van der Waals surface area contributed by atoms with E-state index in [0.717, 1.165) is 19.3 Å². The van der Waals surface area contributed by atoms with E-state index in [4.69, 9.17) is 11.6 Å². The topological polar surface area (TPSA) is 59.8 Å². The summed E-state index contributed by atoms with van der Waals surface area (Å²) in [5, 5.41) is 6.30. The molecule has 1 aromatic heterocycles. The zero-order valence-corrected chi connectivity index (χ0v) is 16.2. The molecule has 1 heterocycles. The maximum absolute atomic E-state index is 14.1. The molecule has 4 atom stereocenters. The number of nitrogens with zero attached hydrogens (tertiary/aromatic N) is 3. The van der Waals surface area contributed by atoms with E-state index in [1.54, 1.807) is 4.68 Å². The molecule has 30 heavy (non-hydrogen) atoms. The number of rotatable bonds is 3. The quantitative estimate of drug-likeness (QED) is 0.427. The van der Waals surface area contributed by atoms with Crippen LogP contribution in [0.15, 0.2) is 6.33 Å². The van der Waals surface area contributed by atoms with Crippen LogP contribution < -0.4 is 5.32 Å². The minimum absolute atomic E-state index is 0.0747. The number of amides is 1. The Morgan fingerprint density at radius 2 is 1.57 bits per heavy atom. The first-order chi connectivity index (χ1) is 14.1. The highest BCUT2D eigenvalue weighted by Crippen LogP contribution is 2.64. The van der Waals surface area contributed by atoms with Crippen molar-refractivity contribution < 1.29 is 26.7 Å². The summed E-state index contributed by atoms with van der Waals surface area (Å²) in [6.07, 6.45) is 5.24. The molecule has 1 amide bonds. The van der Waals surface area contributed by atoms with Gasteiger partial charge in [0.25, 0.3) is 0 Å². The second-order valence-corrected chi connectivity index (χ2v) is 9.16. The monoisotopic (exact) mass is 446 g/mol. The number of aromatic nitrogens is 3. The van der Waals surface area contributed by atoms with Crippen LogP contribution in [-0.2, 0) is 10.3 Å². The maximum atomic E-state index is 14.1. The van der Waals surface area contributed by atoms with Crippen LogP contribution in [0.4, 0.5) is 27.6 Å². The van der Waals surface area contributed by atoms with Gasteiger partial charge in [-0.15, -0.1) is 5.10 Å². The van der Waals surface area contributed by atoms with Crippen molar-refractivity contribution in [1.82, 2.24) is 14.8 Å². The van der Waals surface area contributed by atoms with Crippen LogP contribution in [0, 0.1) is 46.3 Å². The van der Waals surface area contributed by atoms with Crippen molar-refractivity contribution in [2.75, 3.05) is 5.32 Å².